The molecule has 13 heteroatoms. The van der Waals surface area contributed by atoms with Gasteiger partial charge in [-0.05, 0) is 62.7 Å². The molecule has 1 aliphatic heterocycles. The van der Waals surface area contributed by atoms with E-state index < -0.39 is 44.9 Å². The molecule has 3 rings (SSSR count). The highest BCUT2D eigenvalue weighted by atomic mass is 32.2. The molecule has 2 aromatic carbocycles. The van der Waals surface area contributed by atoms with Crippen LogP contribution < -0.4 is 10.6 Å². The van der Waals surface area contributed by atoms with Crippen molar-refractivity contribution in [1.29, 1.82) is 0 Å². The predicted molar refractivity (Wildman–Crippen MR) is 126 cm³/mol. The summed E-state index contributed by atoms with van der Waals surface area (Å²) in [4.78, 5) is 49.0. The van der Waals surface area contributed by atoms with Gasteiger partial charge in [0.1, 0.15) is 12.1 Å². The fraction of sp³-hybridized carbons (Fsp3) is 0.318. The quantitative estimate of drug-likeness (QED) is 0.317. The number of rotatable bonds is 8. The normalized spacial score (nSPS) is 18.2. The highest BCUT2D eigenvalue weighted by molar-refractivity contribution is 7.89. The minimum Gasteiger partial charge on any atom is -0.325 e. The number of nitrogens with zero attached hydrogens (tertiary/aromatic N) is 3. The van der Waals surface area contributed by atoms with Gasteiger partial charge in [0.05, 0.1) is 9.82 Å². The summed E-state index contributed by atoms with van der Waals surface area (Å²) in [5.41, 5.74) is -1.05. The van der Waals surface area contributed by atoms with Gasteiger partial charge in [-0.25, -0.2) is 13.2 Å². The maximum atomic E-state index is 13.0. The van der Waals surface area contributed by atoms with E-state index in [1.54, 1.807) is 13.8 Å². The van der Waals surface area contributed by atoms with E-state index in [0.29, 0.717) is 5.56 Å². The smallest absolute Gasteiger partial charge is 0.325 e. The van der Waals surface area contributed by atoms with Crippen molar-refractivity contribution in [2.24, 2.45) is 0 Å². The lowest BCUT2D eigenvalue weighted by atomic mass is 9.92. The number of hydrogen-bond donors (Lipinski definition) is 2. The molecule has 2 aromatic rings. The number of nitrogens with one attached hydrogen (secondary N) is 2. The van der Waals surface area contributed by atoms with Crippen molar-refractivity contribution in [3.63, 3.8) is 0 Å². The van der Waals surface area contributed by atoms with Crippen molar-refractivity contribution in [1.82, 2.24) is 14.5 Å². The first-order valence-electron chi connectivity index (χ1n) is 10.5. The number of amides is 4. The summed E-state index contributed by atoms with van der Waals surface area (Å²) in [5, 5.41) is 15.9. The van der Waals surface area contributed by atoms with Crippen molar-refractivity contribution in [3.05, 3.63) is 64.2 Å². The molecule has 1 saturated heterocycles. The monoisotopic (exact) mass is 503 g/mol. The topological polar surface area (TPSA) is 159 Å². The van der Waals surface area contributed by atoms with E-state index in [2.05, 4.69) is 10.6 Å². The second-order valence-electron chi connectivity index (χ2n) is 8.44. The highest BCUT2D eigenvalue weighted by Crippen LogP contribution is 2.30. The zero-order valence-corrected chi connectivity index (χ0v) is 20.3. The van der Waals surface area contributed by atoms with Gasteiger partial charge >= 0.3 is 6.03 Å². The largest absolute Gasteiger partial charge is 0.325 e. The molecule has 35 heavy (non-hydrogen) atoms. The lowest BCUT2D eigenvalue weighted by Crippen LogP contribution is -2.42. The molecule has 0 saturated carbocycles. The molecule has 1 fully saturated rings. The number of non-ortho nitro benzene ring substituents is 1. The molecule has 186 valence electrons. The number of nitro groups is 1. The molecule has 0 spiro atoms. The summed E-state index contributed by atoms with van der Waals surface area (Å²) in [6.07, 6.45) is 0. The molecule has 0 bridgehead atoms. The van der Waals surface area contributed by atoms with Crippen molar-refractivity contribution in [2.45, 2.75) is 37.2 Å². The fourth-order valence-electron chi connectivity index (χ4n) is 3.45. The number of imide groups is 1. The first-order valence-corrected chi connectivity index (χ1v) is 12.0. The molecular formula is C22H25N5O7S. The lowest BCUT2D eigenvalue weighted by molar-refractivity contribution is -0.384. The molecule has 1 atom stereocenters. The predicted octanol–water partition coefficient (Wildman–Crippen LogP) is 2.03. The zero-order chi connectivity index (χ0) is 26.1. The summed E-state index contributed by atoms with van der Waals surface area (Å²) >= 11 is 0. The highest BCUT2D eigenvalue weighted by Gasteiger charge is 2.49. The SMILES string of the molecule is CC(C)N(C)S(=O)(=O)c1ccc(NC(=O)CN2C(=O)N[C@](C)(c3ccc([N+](=O)[O-])cc3)C2=O)cc1. The van der Waals surface area contributed by atoms with Crippen LogP contribution in [0.1, 0.15) is 26.3 Å². The van der Waals surface area contributed by atoms with E-state index in [-0.39, 0.29) is 22.3 Å². The van der Waals surface area contributed by atoms with Gasteiger partial charge in [0.2, 0.25) is 15.9 Å². The molecular weight excluding hydrogens is 478 g/mol. The van der Waals surface area contributed by atoms with E-state index in [4.69, 9.17) is 0 Å². The van der Waals surface area contributed by atoms with E-state index in [0.717, 1.165) is 4.90 Å². The molecule has 2 N–H and O–H groups in total. The maximum absolute atomic E-state index is 13.0. The minimum absolute atomic E-state index is 0.0552. The number of urea groups is 1. The van der Waals surface area contributed by atoms with Crippen molar-refractivity contribution >= 4 is 39.2 Å². The summed E-state index contributed by atoms with van der Waals surface area (Å²) in [7, 11) is -2.22. The maximum Gasteiger partial charge on any atom is 0.325 e. The minimum atomic E-state index is -3.69. The van der Waals surface area contributed by atoms with Gasteiger partial charge < -0.3 is 10.6 Å². The first-order chi connectivity index (χ1) is 16.3. The molecule has 12 nitrogen and oxygen atoms in total. The molecule has 0 aromatic heterocycles. The van der Waals surface area contributed by atoms with Crippen LogP contribution in [0.2, 0.25) is 0 Å². The molecule has 1 heterocycles. The van der Waals surface area contributed by atoms with Crippen LogP contribution in [-0.4, -0.2) is 60.0 Å². The Bertz CT molecular complexity index is 1280. The van der Waals surface area contributed by atoms with Crippen LogP contribution in [0.3, 0.4) is 0 Å². The molecule has 4 amide bonds. The van der Waals surface area contributed by atoms with E-state index >= 15 is 0 Å². The molecule has 0 aliphatic carbocycles. The van der Waals surface area contributed by atoms with E-state index in [1.165, 1.54) is 66.8 Å². The molecule has 0 radical (unpaired) electrons. The van der Waals surface area contributed by atoms with Gasteiger partial charge in [0.15, 0.2) is 0 Å². The van der Waals surface area contributed by atoms with E-state index in [9.17, 15) is 32.9 Å². The van der Waals surface area contributed by atoms with Gasteiger partial charge in [-0.2, -0.15) is 4.31 Å². The Hall–Kier alpha value is -3.84. The van der Waals surface area contributed by atoms with Gasteiger partial charge in [0.25, 0.3) is 11.6 Å². The molecule has 0 unspecified atom stereocenters. The number of sulfonamides is 1. The average Bonchev–Trinajstić information content (AvgIpc) is 3.02. The van der Waals surface area contributed by atoms with Crippen LogP contribution in [0, 0.1) is 10.1 Å². The van der Waals surface area contributed by atoms with Crippen LogP contribution in [0.15, 0.2) is 53.4 Å². The summed E-state index contributed by atoms with van der Waals surface area (Å²) in [6.45, 7) is 4.35. The number of hydrogen-bond acceptors (Lipinski definition) is 7. The Kier molecular flexibility index (Phi) is 6.94. The fourth-order valence-corrected chi connectivity index (χ4v) is 4.82. The second kappa shape index (κ2) is 9.43. The third kappa shape index (κ3) is 5.00. The van der Waals surface area contributed by atoms with Gasteiger partial charge in [-0.15, -0.1) is 0 Å². The summed E-state index contributed by atoms with van der Waals surface area (Å²) in [6, 6.07) is 9.67. The van der Waals surface area contributed by atoms with Crippen LogP contribution in [0.4, 0.5) is 16.2 Å². The van der Waals surface area contributed by atoms with Crippen molar-refractivity contribution < 1.29 is 27.7 Å². The first kappa shape index (κ1) is 25.8. The average molecular weight is 504 g/mol. The number of benzene rings is 2. The van der Waals surface area contributed by atoms with Crippen LogP contribution in [0.5, 0.6) is 0 Å². The van der Waals surface area contributed by atoms with Crippen molar-refractivity contribution in [3.8, 4) is 0 Å². The Morgan fingerprint density at radius 3 is 2.23 bits per heavy atom. The van der Waals surface area contributed by atoms with Crippen molar-refractivity contribution in [2.75, 3.05) is 18.9 Å². The number of anilines is 1. The van der Waals surface area contributed by atoms with Gasteiger partial charge in [-0.3, -0.25) is 24.6 Å². The third-order valence-corrected chi connectivity index (χ3v) is 7.82. The second-order valence-corrected chi connectivity index (χ2v) is 10.4. The number of nitro benzene ring substituents is 1. The van der Waals surface area contributed by atoms with Crippen LogP contribution in [0.25, 0.3) is 0 Å². The molecule has 1 aliphatic rings. The van der Waals surface area contributed by atoms with Crippen LogP contribution in [-0.2, 0) is 25.2 Å². The number of carbonyl (C=O) groups is 3. The Morgan fingerprint density at radius 1 is 1.14 bits per heavy atom. The Morgan fingerprint density at radius 2 is 1.71 bits per heavy atom. The Labute approximate surface area is 202 Å². The van der Waals surface area contributed by atoms with E-state index in [1.807, 2.05) is 0 Å². The van der Waals surface area contributed by atoms with Gasteiger partial charge in [0, 0.05) is 30.9 Å². The standard InChI is InChI=1S/C22H25N5O7S/c1-14(2)25(4)35(33,34)18-11-7-16(8-12-18)23-19(28)13-26-20(29)22(3,24-21(26)30)15-5-9-17(10-6-15)27(31)32/h5-12,14H,13H2,1-4H3,(H,23,28)(H,24,30)/t22-/m1/s1. The summed E-state index contributed by atoms with van der Waals surface area (Å²) in [5.74, 6) is -1.36. The zero-order valence-electron chi connectivity index (χ0n) is 19.5. The Balaban J connectivity index is 1.70. The van der Waals surface area contributed by atoms with Gasteiger partial charge in [-0.1, -0.05) is 0 Å². The van der Waals surface area contributed by atoms with Crippen LogP contribution >= 0.6 is 0 Å². The number of carbonyl (C=O) groups excluding carboxylic acids is 3. The summed E-state index contributed by atoms with van der Waals surface area (Å²) < 4.78 is 26.3. The lowest BCUT2D eigenvalue weighted by Gasteiger charge is -2.22. The third-order valence-electron chi connectivity index (χ3n) is 5.77.